The first-order valence-corrected chi connectivity index (χ1v) is 7.76. The Morgan fingerprint density at radius 1 is 1.52 bits per heavy atom. The summed E-state index contributed by atoms with van der Waals surface area (Å²) in [5.41, 5.74) is 0.853. The van der Waals surface area contributed by atoms with Crippen molar-refractivity contribution >= 4 is 17.5 Å². The lowest BCUT2D eigenvalue weighted by Crippen LogP contribution is -2.43. The molecule has 116 valence electrons. The standard InChI is InChI=1S/C16H23ClN2O2/c1-18-10-12-4-3-7-19(11-12)16(20)9-13-8-14(17)5-6-15(13)21-2/h5-6,8,12,18H,3-4,7,9-11H2,1-2H3/t12-/m1/s1. The van der Waals surface area contributed by atoms with Gasteiger partial charge in [0.2, 0.25) is 5.91 Å². The minimum Gasteiger partial charge on any atom is -0.496 e. The van der Waals surface area contributed by atoms with Crippen LogP contribution in [0.5, 0.6) is 5.75 Å². The lowest BCUT2D eigenvalue weighted by Gasteiger charge is -2.33. The van der Waals surface area contributed by atoms with Crippen LogP contribution in [0, 0.1) is 5.92 Å². The van der Waals surface area contributed by atoms with Gasteiger partial charge in [0, 0.05) is 23.7 Å². The zero-order valence-electron chi connectivity index (χ0n) is 12.7. The van der Waals surface area contributed by atoms with E-state index in [1.54, 1.807) is 13.2 Å². The van der Waals surface area contributed by atoms with Crippen LogP contribution >= 0.6 is 11.6 Å². The number of nitrogens with zero attached hydrogens (tertiary/aromatic N) is 1. The summed E-state index contributed by atoms with van der Waals surface area (Å²) in [5, 5.41) is 3.83. The van der Waals surface area contributed by atoms with Gasteiger partial charge in [-0.05, 0) is 50.6 Å². The fourth-order valence-electron chi connectivity index (χ4n) is 2.91. The van der Waals surface area contributed by atoms with E-state index >= 15 is 0 Å². The van der Waals surface area contributed by atoms with E-state index in [1.807, 2.05) is 24.1 Å². The van der Waals surface area contributed by atoms with Gasteiger partial charge in [-0.15, -0.1) is 0 Å². The molecule has 0 radical (unpaired) electrons. The van der Waals surface area contributed by atoms with Crippen molar-refractivity contribution in [1.82, 2.24) is 10.2 Å². The van der Waals surface area contributed by atoms with Crippen LogP contribution in [0.4, 0.5) is 0 Å². The van der Waals surface area contributed by atoms with E-state index in [4.69, 9.17) is 16.3 Å². The maximum atomic E-state index is 12.5. The molecule has 1 saturated heterocycles. The number of benzene rings is 1. The number of carbonyl (C=O) groups is 1. The molecular formula is C16H23ClN2O2. The Balaban J connectivity index is 2.02. The summed E-state index contributed by atoms with van der Waals surface area (Å²) in [6.07, 6.45) is 2.60. The van der Waals surface area contributed by atoms with Crippen molar-refractivity contribution in [3.8, 4) is 5.75 Å². The number of likely N-dealkylation sites (tertiary alicyclic amines) is 1. The fraction of sp³-hybridized carbons (Fsp3) is 0.562. The van der Waals surface area contributed by atoms with E-state index in [0.717, 1.165) is 37.4 Å². The van der Waals surface area contributed by atoms with Gasteiger partial charge < -0.3 is 15.0 Å². The first kappa shape index (κ1) is 16.1. The summed E-state index contributed by atoms with van der Waals surface area (Å²) in [5.74, 6) is 1.42. The average Bonchev–Trinajstić information content (AvgIpc) is 2.48. The highest BCUT2D eigenvalue weighted by Gasteiger charge is 2.23. The summed E-state index contributed by atoms with van der Waals surface area (Å²) in [7, 11) is 3.57. The molecule has 21 heavy (non-hydrogen) atoms. The van der Waals surface area contributed by atoms with Crippen molar-refractivity contribution in [2.45, 2.75) is 19.3 Å². The number of hydrogen-bond acceptors (Lipinski definition) is 3. The van der Waals surface area contributed by atoms with Crippen molar-refractivity contribution in [3.05, 3.63) is 28.8 Å². The van der Waals surface area contributed by atoms with E-state index in [1.165, 1.54) is 6.42 Å². The first-order chi connectivity index (χ1) is 10.1. The Bertz CT molecular complexity index is 491. The number of methoxy groups -OCH3 is 1. The lowest BCUT2D eigenvalue weighted by molar-refractivity contribution is -0.132. The van der Waals surface area contributed by atoms with Gasteiger partial charge in [0.05, 0.1) is 13.5 Å². The minimum atomic E-state index is 0.149. The average molecular weight is 311 g/mol. The van der Waals surface area contributed by atoms with Gasteiger partial charge in [0.15, 0.2) is 0 Å². The van der Waals surface area contributed by atoms with Crippen molar-refractivity contribution < 1.29 is 9.53 Å². The second-order valence-electron chi connectivity index (χ2n) is 5.54. The van der Waals surface area contributed by atoms with Crippen LogP contribution in [-0.2, 0) is 11.2 Å². The summed E-state index contributed by atoms with van der Waals surface area (Å²) in [6.45, 7) is 2.65. The van der Waals surface area contributed by atoms with Crippen LogP contribution in [0.3, 0.4) is 0 Å². The van der Waals surface area contributed by atoms with Gasteiger partial charge in [-0.1, -0.05) is 11.6 Å². The number of amides is 1. The topological polar surface area (TPSA) is 41.6 Å². The van der Waals surface area contributed by atoms with E-state index < -0.39 is 0 Å². The number of hydrogen-bond donors (Lipinski definition) is 1. The molecule has 0 unspecified atom stereocenters. The van der Waals surface area contributed by atoms with Crippen molar-refractivity contribution in [2.24, 2.45) is 5.92 Å². The molecule has 0 saturated carbocycles. The third-order valence-corrected chi connectivity index (χ3v) is 4.18. The van der Waals surface area contributed by atoms with E-state index in [0.29, 0.717) is 17.4 Å². The number of halogens is 1. The van der Waals surface area contributed by atoms with Crippen LogP contribution in [-0.4, -0.2) is 44.6 Å². The highest BCUT2D eigenvalue weighted by atomic mass is 35.5. The third-order valence-electron chi connectivity index (χ3n) is 3.95. The molecule has 4 nitrogen and oxygen atoms in total. The van der Waals surface area contributed by atoms with Gasteiger partial charge in [0.1, 0.15) is 5.75 Å². The molecule has 0 spiro atoms. The number of rotatable bonds is 5. The maximum Gasteiger partial charge on any atom is 0.227 e. The number of nitrogens with one attached hydrogen (secondary N) is 1. The van der Waals surface area contributed by atoms with Crippen LogP contribution in [0.2, 0.25) is 5.02 Å². The lowest BCUT2D eigenvalue weighted by atomic mass is 9.97. The molecule has 1 aromatic carbocycles. The van der Waals surface area contributed by atoms with Crippen LogP contribution in [0.15, 0.2) is 18.2 Å². The molecule has 0 aliphatic carbocycles. The molecule has 1 aliphatic rings. The normalized spacial score (nSPS) is 18.6. The van der Waals surface area contributed by atoms with E-state index in [-0.39, 0.29) is 5.91 Å². The second-order valence-corrected chi connectivity index (χ2v) is 5.98. The van der Waals surface area contributed by atoms with Crippen LogP contribution in [0.25, 0.3) is 0 Å². The number of piperidine rings is 1. The molecule has 1 N–H and O–H groups in total. The monoisotopic (exact) mass is 310 g/mol. The van der Waals surface area contributed by atoms with E-state index in [2.05, 4.69) is 5.32 Å². The van der Waals surface area contributed by atoms with Gasteiger partial charge in [-0.3, -0.25) is 4.79 Å². The second kappa shape index (κ2) is 7.66. The Morgan fingerprint density at radius 2 is 2.33 bits per heavy atom. The molecule has 0 bridgehead atoms. The SMILES string of the molecule is CNC[C@H]1CCCN(C(=O)Cc2cc(Cl)ccc2OC)C1. The Labute approximate surface area is 131 Å². The van der Waals surface area contributed by atoms with Crippen molar-refractivity contribution in [3.63, 3.8) is 0 Å². The molecule has 1 aliphatic heterocycles. The Kier molecular flexibility index (Phi) is 5.88. The smallest absolute Gasteiger partial charge is 0.227 e. The predicted molar refractivity (Wildman–Crippen MR) is 84.9 cm³/mol. The molecule has 0 aromatic heterocycles. The largest absolute Gasteiger partial charge is 0.496 e. The zero-order valence-corrected chi connectivity index (χ0v) is 13.4. The molecule has 1 fully saturated rings. The molecule has 2 rings (SSSR count). The van der Waals surface area contributed by atoms with Gasteiger partial charge in [-0.25, -0.2) is 0 Å². The molecule has 1 amide bonds. The summed E-state index contributed by atoms with van der Waals surface area (Å²) < 4.78 is 5.31. The Hall–Kier alpha value is -1.26. The third kappa shape index (κ3) is 4.35. The summed E-state index contributed by atoms with van der Waals surface area (Å²) in [4.78, 5) is 14.5. The molecule has 5 heteroatoms. The van der Waals surface area contributed by atoms with Gasteiger partial charge in [-0.2, -0.15) is 0 Å². The quantitative estimate of drug-likeness (QED) is 0.907. The molecular weight excluding hydrogens is 288 g/mol. The van der Waals surface area contributed by atoms with E-state index in [9.17, 15) is 4.79 Å². The highest BCUT2D eigenvalue weighted by Crippen LogP contribution is 2.24. The Morgan fingerprint density at radius 3 is 3.05 bits per heavy atom. The van der Waals surface area contributed by atoms with Gasteiger partial charge in [0.25, 0.3) is 0 Å². The number of ether oxygens (including phenoxy) is 1. The predicted octanol–water partition coefficient (Wildman–Crippen LogP) is 2.35. The maximum absolute atomic E-state index is 12.5. The fourth-order valence-corrected chi connectivity index (χ4v) is 3.10. The zero-order chi connectivity index (χ0) is 15.2. The molecule has 1 atom stereocenters. The summed E-state index contributed by atoms with van der Waals surface area (Å²) >= 11 is 6.02. The highest BCUT2D eigenvalue weighted by molar-refractivity contribution is 6.30. The summed E-state index contributed by atoms with van der Waals surface area (Å²) in [6, 6.07) is 5.40. The minimum absolute atomic E-state index is 0.149. The van der Waals surface area contributed by atoms with Crippen LogP contribution < -0.4 is 10.1 Å². The van der Waals surface area contributed by atoms with Crippen molar-refractivity contribution in [1.29, 1.82) is 0 Å². The molecule has 1 heterocycles. The number of carbonyl (C=O) groups excluding carboxylic acids is 1. The first-order valence-electron chi connectivity index (χ1n) is 7.38. The van der Waals surface area contributed by atoms with Gasteiger partial charge >= 0.3 is 0 Å². The molecule has 1 aromatic rings. The van der Waals surface area contributed by atoms with Crippen LogP contribution in [0.1, 0.15) is 18.4 Å². The van der Waals surface area contributed by atoms with Crippen molar-refractivity contribution in [2.75, 3.05) is 33.8 Å².